The number of ether oxygens (including phenoxy) is 1. The van der Waals surface area contributed by atoms with Crippen LogP contribution in [0.5, 0.6) is 0 Å². The van der Waals surface area contributed by atoms with Crippen molar-refractivity contribution in [3.8, 4) is 0 Å². The van der Waals surface area contributed by atoms with Crippen LogP contribution in [-0.4, -0.2) is 40.0 Å². The standard InChI is InChI=1S/C16H15N3O2S2/c1-10-7-19(8-13(21-10)11-4-6-22-9-11)16(20)15-18-12-3-2-5-17-14(12)23-15/h2-6,9-10,13H,7-8H2,1H3/t10-,13-/m1/s1. The smallest absolute Gasteiger partial charge is 0.283 e. The first-order valence-electron chi connectivity index (χ1n) is 7.39. The molecule has 1 fully saturated rings. The molecule has 1 aliphatic heterocycles. The summed E-state index contributed by atoms with van der Waals surface area (Å²) in [6, 6.07) is 5.77. The third kappa shape index (κ3) is 2.87. The van der Waals surface area contributed by atoms with Gasteiger partial charge in [0.25, 0.3) is 5.91 Å². The van der Waals surface area contributed by atoms with E-state index in [1.54, 1.807) is 17.5 Å². The monoisotopic (exact) mass is 345 g/mol. The van der Waals surface area contributed by atoms with Crippen LogP contribution in [0, 0.1) is 0 Å². The van der Waals surface area contributed by atoms with Crippen molar-refractivity contribution in [1.29, 1.82) is 0 Å². The van der Waals surface area contributed by atoms with Crippen molar-refractivity contribution in [1.82, 2.24) is 14.9 Å². The fourth-order valence-electron chi connectivity index (χ4n) is 2.76. The van der Waals surface area contributed by atoms with Gasteiger partial charge in [0, 0.05) is 12.7 Å². The Morgan fingerprint density at radius 3 is 3.09 bits per heavy atom. The van der Waals surface area contributed by atoms with Crippen LogP contribution in [0.1, 0.15) is 28.4 Å². The summed E-state index contributed by atoms with van der Waals surface area (Å²) in [7, 11) is 0. The molecule has 3 aromatic heterocycles. The molecule has 5 nitrogen and oxygen atoms in total. The highest BCUT2D eigenvalue weighted by atomic mass is 32.1. The maximum atomic E-state index is 12.8. The maximum absolute atomic E-state index is 12.8. The van der Waals surface area contributed by atoms with Crippen molar-refractivity contribution in [2.24, 2.45) is 0 Å². The van der Waals surface area contributed by atoms with E-state index in [4.69, 9.17) is 4.74 Å². The van der Waals surface area contributed by atoms with Gasteiger partial charge in [-0.05, 0) is 41.4 Å². The molecule has 2 atom stereocenters. The lowest BCUT2D eigenvalue weighted by atomic mass is 10.1. The molecule has 1 amide bonds. The highest BCUT2D eigenvalue weighted by Gasteiger charge is 2.31. The minimum Gasteiger partial charge on any atom is -0.367 e. The highest BCUT2D eigenvalue weighted by Crippen LogP contribution is 2.28. The van der Waals surface area contributed by atoms with E-state index in [1.807, 2.05) is 29.3 Å². The van der Waals surface area contributed by atoms with Gasteiger partial charge in [-0.1, -0.05) is 11.3 Å². The van der Waals surface area contributed by atoms with Gasteiger partial charge in [-0.25, -0.2) is 9.97 Å². The summed E-state index contributed by atoms with van der Waals surface area (Å²) in [5, 5.41) is 4.60. The summed E-state index contributed by atoms with van der Waals surface area (Å²) < 4.78 is 5.99. The Labute approximate surface area is 141 Å². The fourth-order valence-corrected chi connectivity index (χ4v) is 4.33. The van der Waals surface area contributed by atoms with Gasteiger partial charge in [-0.2, -0.15) is 11.3 Å². The molecular weight excluding hydrogens is 330 g/mol. The molecule has 0 radical (unpaired) electrons. The number of rotatable bonds is 2. The van der Waals surface area contributed by atoms with Crippen LogP contribution in [-0.2, 0) is 4.74 Å². The highest BCUT2D eigenvalue weighted by molar-refractivity contribution is 7.19. The molecule has 0 saturated carbocycles. The van der Waals surface area contributed by atoms with Crippen LogP contribution in [0.2, 0.25) is 0 Å². The summed E-state index contributed by atoms with van der Waals surface area (Å²) in [6.45, 7) is 3.14. The summed E-state index contributed by atoms with van der Waals surface area (Å²) in [4.78, 5) is 24.2. The van der Waals surface area contributed by atoms with E-state index in [0.29, 0.717) is 18.1 Å². The zero-order valence-corrected chi connectivity index (χ0v) is 14.1. The number of fused-ring (bicyclic) bond motifs is 1. The van der Waals surface area contributed by atoms with E-state index in [9.17, 15) is 4.79 Å². The molecule has 1 saturated heterocycles. The Kier molecular flexibility index (Phi) is 3.84. The van der Waals surface area contributed by atoms with Crippen LogP contribution >= 0.6 is 22.7 Å². The van der Waals surface area contributed by atoms with E-state index in [0.717, 1.165) is 15.9 Å². The largest absolute Gasteiger partial charge is 0.367 e. The van der Waals surface area contributed by atoms with Crippen molar-refractivity contribution in [2.45, 2.75) is 19.1 Å². The minimum absolute atomic E-state index is 0.00473. The molecule has 7 heteroatoms. The molecule has 23 heavy (non-hydrogen) atoms. The average molecular weight is 345 g/mol. The Morgan fingerprint density at radius 2 is 2.30 bits per heavy atom. The fraction of sp³-hybridized carbons (Fsp3) is 0.312. The third-order valence-corrected chi connectivity index (χ3v) is 5.48. The topological polar surface area (TPSA) is 55.3 Å². The zero-order chi connectivity index (χ0) is 15.8. The summed E-state index contributed by atoms with van der Waals surface area (Å²) in [5.41, 5.74) is 1.90. The van der Waals surface area contributed by atoms with Gasteiger partial charge in [-0.15, -0.1) is 0 Å². The molecule has 4 heterocycles. The lowest BCUT2D eigenvalue weighted by molar-refractivity contribution is -0.0690. The number of nitrogens with zero attached hydrogens (tertiary/aromatic N) is 3. The molecule has 0 aliphatic carbocycles. The van der Waals surface area contributed by atoms with Crippen LogP contribution < -0.4 is 0 Å². The van der Waals surface area contributed by atoms with Crippen LogP contribution in [0.3, 0.4) is 0 Å². The zero-order valence-electron chi connectivity index (χ0n) is 12.5. The number of hydrogen-bond acceptors (Lipinski definition) is 6. The Bertz CT molecular complexity index is 798. The predicted molar refractivity (Wildman–Crippen MR) is 90.9 cm³/mol. The second-order valence-corrected chi connectivity index (χ2v) is 7.31. The second-order valence-electron chi connectivity index (χ2n) is 5.55. The van der Waals surface area contributed by atoms with Crippen molar-refractivity contribution in [3.63, 3.8) is 0 Å². The van der Waals surface area contributed by atoms with E-state index < -0.39 is 0 Å². The number of morpholine rings is 1. The molecule has 0 bridgehead atoms. The summed E-state index contributed by atoms with van der Waals surface area (Å²) in [6.07, 6.45) is 1.66. The predicted octanol–water partition coefficient (Wildman–Crippen LogP) is 3.36. The van der Waals surface area contributed by atoms with E-state index >= 15 is 0 Å². The lowest BCUT2D eigenvalue weighted by Crippen LogP contribution is -2.45. The number of hydrogen-bond donors (Lipinski definition) is 0. The molecule has 4 rings (SSSR count). The van der Waals surface area contributed by atoms with Gasteiger partial charge >= 0.3 is 0 Å². The van der Waals surface area contributed by atoms with E-state index in [1.165, 1.54) is 11.3 Å². The average Bonchev–Trinajstić information content (AvgIpc) is 3.22. The SMILES string of the molecule is C[C@@H]1CN(C(=O)c2nc3cccnc3s2)C[C@H](c2ccsc2)O1. The summed E-state index contributed by atoms with van der Waals surface area (Å²) in [5.74, 6) is -0.0385. The lowest BCUT2D eigenvalue weighted by Gasteiger charge is -2.36. The van der Waals surface area contributed by atoms with Crippen LogP contribution in [0.15, 0.2) is 35.2 Å². The van der Waals surface area contributed by atoms with Crippen LogP contribution in [0.25, 0.3) is 10.3 Å². The first kappa shape index (κ1) is 14.7. The molecule has 0 N–H and O–H groups in total. The number of amides is 1. The molecular formula is C16H15N3O2S2. The van der Waals surface area contributed by atoms with E-state index in [-0.39, 0.29) is 18.1 Å². The Hall–Kier alpha value is -1.83. The van der Waals surface area contributed by atoms with Crippen molar-refractivity contribution in [3.05, 3.63) is 45.7 Å². The molecule has 0 spiro atoms. The Balaban J connectivity index is 1.59. The normalized spacial score (nSPS) is 21.7. The number of thiophene rings is 1. The maximum Gasteiger partial charge on any atom is 0.283 e. The quantitative estimate of drug-likeness (QED) is 0.715. The van der Waals surface area contributed by atoms with Gasteiger partial charge in [-0.3, -0.25) is 4.79 Å². The first-order chi connectivity index (χ1) is 11.2. The molecule has 118 valence electrons. The van der Waals surface area contributed by atoms with Gasteiger partial charge < -0.3 is 9.64 Å². The van der Waals surface area contributed by atoms with Gasteiger partial charge in [0.15, 0.2) is 5.01 Å². The van der Waals surface area contributed by atoms with E-state index in [2.05, 4.69) is 21.4 Å². The van der Waals surface area contributed by atoms with Gasteiger partial charge in [0.1, 0.15) is 16.5 Å². The molecule has 1 aliphatic rings. The molecule has 0 unspecified atom stereocenters. The number of thiazole rings is 1. The molecule has 3 aromatic rings. The Morgan fingerprint density at radius 1 is 1.39 bits per heavy atom. The van der Waals surface area contributed by atoms with Gasteiger partial charge in [0.05, 0.1) is 12.6 Å². The first-order valence-corrected chi connectivity index (χ1v) is 9.15. The second kappa shape index (κ2) is 5.99. The van der Waals surface area contributed by atoms with Gasteiger partial charge in [0.2, 0.25) is 0 Å². The number of pyridine rings is 1. The number of carbonyl (C=O) groups is 1. The number of carbonyl (C=O) groups excluding carboxylic acids is 1. The number of aromatic nitrogens is 2. The minimum atomic E-state index is -0.0681. The third-order valence-electron chi connectivity index (χ3n) is 3.81. The van der Waals surface area contributed by atoms with Crippen molar-refractivity contribution >= 4 is 38.9 Å². The van der Waals surface area contributed by atoms with Crippen molar-refractivity contribution < 1.29 is 9.53 Å². The van der Waals surface area contributed by atoms with Crippen molar-refractivity contribution in [2.75, 3.05) is 13.1 Å². The summed E-state index contributed by atoms with van der Waals surface area (Å²) >= 11 is 2.99. The van der Waals surface area contributed by atoms with Crippen LogP contribution in [0.4, 0.5) is 0 Å². The molecule has 0 aromatic carbocycles.